The van der Waals surface area contributed by atoms with Gasteiger partial charge in [-0.3, -0.25) is 4.79 Å². The Morgan fingerprint density at radius 3 is 2.74 bits per heavy atom. The Hall–Kier alpha value is -1.69. The second kappa shape index (κ2) is 6.47. The van der Waals surface area contributed by atoms with Crippen LogP contribution in [0.4, 0.5) is 5.82 Å². The van der Waals surface area contributed by atoms with Gasteiger partial charge in [0.2, 0.25) is 5.91 Å². The van der Waals surface area contributed by atoms with Crippen molar-refractivity contribution in [2.45, 2.75) is 25.8 Å². The fourth-order valence-corrected chi connectivity index (χ4v) is 2.16. The van der Waals surface area contributed by atoms with Crippen molar-refractivity contribution in [3.63, 3.8) is 0 Å². The van der Waals surface area contributed by atoms with Gasteiger partial charge in [-0.1, -0.05) is 0 Å². The molecular weight excluding hydrogens is 242 g/mol. The summed E-state index contributed by atoms with van der Waals surface area (Å²) in [5, 5.41) is 7.96. The van der Waals surface area contributed by atoms with Crippen molar-refractivity contribution in [3.05, 3.63) is 18.3 Å². The highest BCUT2D eigenvalue weighted by molar-refractivity contribution is 5.76. The van der Waals surface area contributed by atoms with Crippen LogP contribution >= 0.6 is 0 Å². The smallest absolute Gasteiger partial charge is 0.222 e. The van der Waals surface area contributed by atoms with E-state index in [2.05, 4.69) is 15.1 Å². The number of hydrogen-bond acceptors (Lipinski definition) is 5. The molecule has 1 aliphatic heterocycles. The van der Waals surface area contributed by atoms with Gasteiger partial charge in [-0.15, -0.1) is 5.10 Å². The van der Waals surface area contributed by atoms with Crippen molar-refractivity contribution in [1.29, 1.82) is 0 Å². The number of nitrogens with two attached hydrogens (primary N) is 1. The van der Waals surface area contributed by atoms with E-state index in [1.165, 1.54) is 0 Å². The molecule has 2 rings (SSSR count). The first-order valence-corrected chi connectivity index (χ1v) is 6.73. The van der Waals surface area contributed by atoms with Gasteiger partial charge in [-0.25, -0.2) is 0 Å². The van der Waals surface area contributed by atoms with Crippen LogP contribution in [0.5, 0.6) is 0 Å². The lowest BCUT2D eigenvalue weighted by Gasteiger charge is -2.35. The van der Waals surface area contributed by atoms with Gasteiger partial charge in [-0.05, 0) is 25.5 Å². The maximum absolute atomic E-state index is 12.0. The Morgan fingerprint density at radius 2 is 2.16 bits per heavy atom. The lowest BCUT2D eigenvalue weighted by atomic mass is 10.1. The summed E-state index contributed by atoms with van der Waals surface area (Å²) in [6.07, 6.45) is 2.96. The maximum atomic E-state index is 12.0. The number of rotatable bonds is 4. The minimum Gasteiger partial charge on any atom is -0.352 e. The number of amides is 1. The largest absolute Gasteiger partial charge is 0.352 e. The second-order valence-electron chi connectivity index (χ2n) is 4.97. The van der Waals surface area contributed by atoms with Gasteiger partial charge in [0.05, 0.1) is 0 Å². The van der Waals surface area contributed by atoms with Gasteiger partial charge in [0.25, 0.3) is 0 Å². The third-order valence-electron chi connectivity index (χ3n) is 3.33. The zero-order valence-electron chi connectivity index (χ0n) is 11.3. The maximum Gasteiger partial charge on any atom is 0.222 e. The van der Waals surface area contributed by atoms with E-state index in [1.54, 1.807) is 6.20 Å². The molecule has 6 nitrogen and oxygen atoms in total. The molecule has 0 saturated carbocycles. The minimum absolute atomic E-state index is 0.0878. The first-order chi connectivity index (χ1) is 9.16. The lowest BCUT2D eigenvalue weighted by Crippen LogP contribution is -2.49. The summed E-state index contributed by atoms with van der Waals surface area (Å²) in [4.78, 5) is 16.0. The third-order valence-corrected chi connectivity index (χ3v) is 3.33. The van der Waals surface area contributed by atoms with E-state index < -0.39 is 0 Å². The average Bonchev–Trinajstić information content (AvgIpc) is 2.46. The summed E-state index contributed by atoms with van der Waals surface area (Å²) in [7, 11) is 0. The van der Waals surface area contributed by atoms with Crippen LogP contribution in [-0.2, 0) is 4.79 Å². The van der Waals surface area contributed by atoms with Gasteiger partial charge >= 0.3 is 0 Å². The molecule has 1 amide bonds. The van der Waals surface area contributed by atoms with Crippen LogP contribution in [-0.4, -0.2) is 53.2 Å². The summed E-state index contributed by atoms with van der Waals surface area (Å²) in [6.45, 7) is 5.03. The number of aromatic nitrogens is 2. The summed E-state index contributed by atoms with van der Waals surface area (Å²) in [5.74, 6) is 1.08. The molecule has 0 aliphatic carbocycles. The summed E-state index contributed by atoms with van der Waals surface area (Å²) in [6, 6.07) is 3.91. The fraction of sp³-hybridized carbons (Fsp3) is 0.615. The fourth-order valence-electron chi connectivity index (χ4n) is 2.16. The normalized spacial score (nSPS) is 17.4. The average molecular weight is 263 g/mol. The summed E-state index contributed by atoms with van der Waals surface area (Å²) < 4.78 is 0. The zero-order valence-corrected chi connectivity index (χ0v) is 11.3. The molecule has 6 heteroatoms. The Bertz CT molecular complexity index is 401. The van der Waals surface area contributed by atoms with Gasteiger partial charge in [0, 0.05) is 44.8 Å². The van der Waals surface area contributed by atoms with Gasteiger partial charge < -0.3 is 15.5 Å². The number of piperazine rings is 1. The molecule has 1 aromatic rings. The lowest BCUT2D eigenvalue weighted by molar-refractivity contribution is -0.131. The van der Waals surface area contributed by atoms with Crippen molar-refractivity contribution in [3.8, 4) is 0 Å². The number of hydrogen-bond donors (Lipinski definition) is 1. The zero-order chi connectivity index (χ0) is 13.7. The van der Waals surface area contributed by atoms with E-state index in [9.17, 15) is 4.79 Å². The molecule has 1 unspecified atom stereocenters. The molecule has 0 spiro atoms. The molecule has 0 aromatic carbocycles. The van der Waals surface area contributed by atoms with Crippen molar-refractivity contribution in [2.24, 2.45) is 5.73 Å². The number of anilines is 1. The van der Waals surface area contributed by atoms with Gasteiger partial charge in [0.15, 0.2) is 5.82 Å². The van der Waals surface area contributed by atoms with E-state index in [1.807, 2.05) is 24.0 Å². The molecule has 2 heterocycles. The minimum atomic E-state index is 0.0878. The first kappa shape index (κ1) is 13.7. The van der Waals surface area contributed by atoms with Gasteiger partial charge in [0.1, 0.15) is 0 Å². The van der Waals surface area contributed by atoms with Crippen LogP contribution in [0.3, 0.4) is 0 Å². The Balaban J connectivity index is 1.81. The Labute approximate surface area is 113 Å². The number of carbonyl (C=O) groups excluding carboxylic acids is 1. The van der Waals surface area contributed by atoms with Crippen LogP contribution in [0.1, 0.15) is 19.8 Å². The third kappa shape index (κ3) is 3.89. The molecule has 1 atom stereocenters. The number of carbonyl (C=O) groups is 1. The molecule has 19 heavy (non-hydrogen) atoms. The van der Waals surface area contributed by atoms with Crippen LogP contribution in [0, 0.1) is 0 Å². The molecule has 104 valence electrons. The van der Waals surface area contributed by atoms with E-state index in [4.69, 9.17) is 5.73 Å². The van der Waals surface area contributed by atoms with Crippen molar-refractivity contribution < 1.29 is 4.79 Å². The quantitative estimate of drug-likeness (QED) is 0.843. The molecular formula is C13H21N5O. The predicted octanol–water partition coefficient (Wildman–Crippen LogP) is 0.253. The van der Waals surface area contributed by atoms with E-state index in [-0.39, 0.29) is 11.9 Å². The molecule has 1 aliphatic rings. The monoisotopic (exact) mass is 263 g/mol. The Morgan fingerprint density at radius 1 is 1.42 bits per heavy atom. The highest BCUT2D eigenvalue weighted by atomic mass is 16.2. The predicted molar refractivity (Wildman–Crippen MR) is 73.7 cm³/mol. The Kier molecular flexibility index (Phi) is 4.68. The summed E-state index contributed by atoms with van der Waals surface area (Å²) >= 11 is 0. The van der Waals surface area contributed by atoms with Crippen molar-refractivity contribution in [2.75, 3.05) is 31.1 Å². The van der Waals surface area contributed by atoms with E-state index >= 15 is 0 Å². The molecule has 1 aromatic heterocycles. The van der Waals surface area contributed by atoms with E-state index in [0.717, 1.165) is 38.4 Å². The molecule has 1 saturated heterocycles. The molecule has 2 N–H and O–H groups in total. The topological polar surface area (TPSA) is 75.4 Å². The van der Waals surface area contributed by atoms with E-state index in [0.29, 0.717) is 6.42 Å². The van der Waals surface area contributed by atoms with Crippen LogP contribution < -0.4 is 10.6 Å². The van der Waals surface area contributed by atoms with Crippen LogP contribution in [0.25, 0.3) is 0 Å². The highest BCUT2D eigenvalue weighted by Gasteiger charge is 2.21. The van der Waals surface area contributed by atoms with Gasteiger partial charge in [-0.2, -0.15) is 5.10 Å². The number of nitrogens with zero attached hydrogens (tertiary/aromatic N) is 4. The first-order valence-electron chi connectivity index (χ1n) is 6.73. The molecule has 1 fully saturated rings. The standard InChI is InChI=1S/C13H21N5O/c1-11(14)4-5-13(19)18-9-7-17(8-10-18)12-3-2-6-15-16-12/h2-3,6,11H,4-5,7-10,14H2,1H3. The van der Waals surface area contributed by atoms with Crippen molar-refractivity contribution in [1.82, 2.24) is 15.1 Å². The summed E-state index contributed by atoms with van der Waals surface area (Å²) in [5.41, 5.74) is 5.67. The van der Waals surface area contributed by atoms with Crippen molar-refractivity contribution >= 4 is 11.7 Å². The SMILES string of the molecule is CC(N)CCC(=O)N1CCN(c2cccnn2)CC1. The molecule has 0 bridgehead atoms. The molecule has 0 radical (unpaired) electrons. The second-order valence-corrected chi connectivity index (χ2v) is 4.97. The van der Waals surface area contributed by atoms with Crippen LogP contribution in [0.15, 0.2) is 18.3 Å². The van der Waals surface area contributed by atoms with Crippen LogP contribution in [0.2, 0.25) is 0 Å². The highest BCUT2D eigenvalue weighted by Crippen LogP contribution is 2.12.